The van der Waals surface area contributed by atoms with Crippen LogP contribution in [0.3, 0.4) is 0 Å². The van der Waals surface area contributed by atoms with Crippen molar-refractivity contribution in [3.8, 4) is 0 Å². The van der Waals surface area contributed by atoms with E-state index in [1.165, 1.54) is 6.07 Å². The molecule has 6 nitrogen and oxygen atoms in total. The largest absolute Gasteiger partial charge is 0.471 e. The molecular weight excluding hydrogens is 443 g/mol. The summed E-state index contributed by atoms with van der Waals surface area (Å²) in [7, 11) is 0. The molecule has 2 aliphatic heterocycles. The number of nitrogens with one attached hydrogen (secondary N) is 2. The minimum absolute atomic E-state index is 0.0110. The van der Waals surface area contributed by atoms with Gasteiger partial charge in [-0.3, -0.25) is 4.79 Å². The Bertz CT molecular complexity index is 1220. The summed E-state index contributed by atoms with van der Waals surface area (Å²) >= 11 is 0. The smallest absolute Gasteiger partial charge is 0.348 e. The standard InChI is InChI=1S/C25H24F3N5O/c1-14-18-13-21(14)33(20-9-8-17(12-19(18)20)31-23(34)25(26,27)28)22-10-11-29-24(32-22)30-15(2)16-6-4-3-5-7-16/h3-12,14-15,18,21H,13H2,1-2H3,(H,31,34)(H,29,30,32)/t14?,15-,18?,21?/m0/s1. The van der Waals surface area contributed by atoms with Crippen molar-refractivity contribution in [1.82, 2.24) is 9.97 Å². The minimum atomic E-state index is -4.93. The predicted molar refractivity (Wildman–Crippen MR) is 124 cm³/mol. The summed E-state index contributed by atoms with van der Waals surface area (Å²) in [5.41, 5.74) is 3.06. The van der Waals surface area contributed by atoms with Gasteiger partial charge in [-0.15, -0.1) is 0 Å². The van der Waals surface area contributed by atoms with Crippen molar-refractivity contribution in [2.45, 2.75) is 44.4 Å². The summed E-state index contributed by atoms with van der Waals surface area (Å²) in [4.78, 5) is 22.7. The highest BCUT2D eigenvalue weighted by atomic mass is 19.4. The monoisotopic (exact) mass is 467 g/mol. The van der Waals surface area contributed by atoms with Gasteiger partial charge in [-0.2, -0.15) is 18.2 Å². The highest BCUT2D eigenvalue weighted by Crippen LogP contribution is 2.56. The van der Waals surface area contributed by atoms with E-state index >= 15 is 0 Å². The van der Waals surface area contributed by atoms with Crippen LogP contribution in [0.4, 0.5) is 36.3 Å². The first-order chi connectivity index (χ1) is 16.2. The lowest BCUT2D eigenvalue weighted by atomic mass is 9.62. The molecule has 2 bridgehead atoms. The van der Waals surface area contributed by atoms with Crippen molar-refractivity contribution in [2.24, 2.45) is 5.92 Å². The Morgan fingerprint density at radius 1 is 1.15 bits per heavy atom. The number of carbonyl (C=O) groups is 1. The summed E-state index contributed by atoms with van der Waals surface area (Å²) in [6.45, 7) is 4.17. The lowest BCUT2D eigenvalue weighted by Crippen LogP contribution is -2.53. The van der Waals surface area contributed by atoms with Gasteiger partial charge in [-0.05, 0) is 60.6 Å². The third-order valence-electron chi connectivity index (χ3n) is 6.80. The fraction of sp³-hybridized carbons (Fsp3) is 0.320. The van der Waals surface area contributed by atoms with E-state index in [1.807, 2.05) is 48.6 Å². The molecule has 9 heteroatoms. The van der Waals surface area contributed by atoms with Gasteiger partial charge >= 0.3 is 12.1 Å². The number of nitrogens with zero attached hydrogens (tertiary/aromatic N) is 3. The molecule has 3 aromatic rings. The maximum Gasteiger partial charge on any atom is 0.471 e. The molecule has 6 rings (SSSR count). The van der Waals surface area contributed by atoms with E-state index in [9.17, 15) is 18.0 Å². The third kappa shape index (κ3) is 3.95. The Morgan fingerprint density at radius 2 is 1.91 bits per heavy atom. The summed E-state index contributed by atoms with van der Waals surface area (Å²) in [5, 5.41) is 5.31. The molecule has 0 spiro atoms. The van der Waals surface area contributed by atoms with Crippen LogP contribution in [0.1, 0.15) is 43.4 Å². The fourth-order valence-electron chi connectivity index (χ4n) is 4.91. The van der Waals surface area contributed by atoms with E-state index < -0.39 is 12.1 Å². The molecule has 176 valence electrons. The molecule has 3 aliphatic rings. The van der Waals surface area contributed by atoms with Gasteiger partial charge in [0.1, 0.15) is 5.82 Å². The number of benzene rings is 2. The Kier molecular flexibility index (Phi) is 5.42. The van der Waals surface area contributed by atoms with Crippen LogP contribution in [0.2, 0.25) is 0 Å². The molecule has 2 N–H and O–H groups in total. The van der Waals surface area contributed by atoms with E-state index in [1.54, 1.807) is 18.3 Å². The second-order valence-electron chi connectivity index (χ2n) is 8.88. The van der Waals surface area contributed by atoms with Crippen molar-refractivity contribution in [3.63, 3.8) is 0 Å². The summed E-state index contributed by atoms with van der Waals surface area (Å²) < 4.78 is 38.1. The second-order valence-corrected chi connectivity index (χ2v) is 8.88. The van der Waals surface area contributed by atoms with Crippen LogP contribution in [0.25, 0.3) is 0 Å². The van der Waals surface area contributed by atoms with Gasteiger partial charge in [0.15, 0.2) is 0 Å². The van der Waals surface area contributed by atoms with Crippen molar-refractivity contribution >= 4 is 29.0 Å². The average molecular weight is 467 g/mol. The molecule has 0 radical (unpaired) electrons. The van der Waals surface area contributed by atoms with Gasteiger partial charge in [-0.25, -0.2) is 4.98 Å². The SMILES string of the molecule is CC1C2CC1N(c1ccnc(N[C@@H](C)c3ccccc3)n1)c1ccc(NC(=O)C(F)(F)F)cc12. The molecule has 34 heavy (non-hydrogen) atoms. The van der Waals surface area contributed by atoms with Gasteiger partial charge < -0.3 is 15.5 Å². The zero-order valence-electron chi connectivity index (χ0n) is 18.7. The predicted octanol–water partition coefficient (Wildman–Crippen LogP) is 5.79. The minimum Gasteiger partial charge on any atom is -0.348 e. The number of carbonyl (C=O) groups excluding carboxylic acids is 1. The molecule has 0 saturated heterocycles. The number of hydrogen-bond acceptors (Lipinski definition) is 5. The van der Waals surface area contributed by atoms with Gasteiger partial charge in [0, 0.05) is 23.6 Å². The number of aromatic nitrogens is 2. The van der Waals surface area contributed by atoms with Gasteiger partial charge in [0.05, 0.1) is 6.04 Å². The Labute approximate surface area is 195 Å². The van der Waals surface area contributed by atoms with Crippen LogP contribution in [0.5, 0.6) is 0 Å². The highest BCUT2D eigenvalue weighted by Gasteiger charge is 2.49. The zero-order chi connectivity index (χ0) is 24.0. The lowest BCUT2D eigenvalue weighted by Gasteiger charge is -2.55. The lowest BCUT2D eigenvalue weighted by molar-refractivity contribution is -0.167. The fourth-order valence-corrected chi connectivity index (χ4v) is 4.91. The Balaban J connectivity index is 1.43. The number of halogens is 3. The van der Waals surface area contributed by atoms with Crippen LogP contribution < -0.4 is 15.5 Å². The van der Waals surface area contributed by atoms with Crippen LogP contribution in [0, 0.1) is 5.92 Å². The third-order valence-corrected chi connectivity index (χ3v) is 6.80. The van der Waals surface area contributed by atoms with E-state index in [2.05, 4.69) is 22.1 Å². The molecular formula is C25H24F3N5O. The maximum atomic E-state index is 12.7. The van der Waals surface area contributed by atoms with Crippen LogP contribution in [-0.4, -0.2) is 28.1 Å². The number of alkyl halides is 3. The Hall–Kier alpha value is -3.62. The molecule has 1 aliphatic carbocycles. The number of hydrogen-bond donors (Lipinski definition) is 2. The highest BCUT2D eigenvalue weighted by molar-refractivity contribution is 5.95. The van der Waals surface area contributed by atoms with Gasteiger partial charge in [0.2, 0.25) is 5.95 Å². The average Bonchev–Trinajstić information content (AvgIpc) is 2.82. The topological polar surface area (TPSA) is 70.2 Å². The quantitative estimate of drug-likeness (QED) is 0.497. The molecule has 1 saturated carbocycles. The number of anilines is 4. The van der Waals surface area contributed by atoms with Crippen molar-refractivity contribution in [2.75, 3.05) is 15.5 Å². The van der Waals surface area contributed by atoms with Crippen molar-refractivity contribution in [3.05, 3.63) is 71.9 Å². The van der Waals surface area contributed by atoms with Crippen molar-refractivity contribution in [1.29, 1.82) is 0 Å². The summed E-state index contributed by atoms with van der Waals surface area (Å²) in [5.74, 6) is -0.217. The van der Waals surface area contributed by atoms with E-state index in [0.29, 0.717) is 11.9 Å². The molecule has 1 aromatic heterocycles. The van der Waals surface area contributed by atoms with Gasteiger partial charge in [0.25, 0.3) is 0 Å². The molecule has 3 unspecified atom stereocenters. The van der Waals surface area contributed by atoms with Crippen LogP contribution in [0.15, 0.2) is 60.8 Å². The first-order valence-electron chi connectivity index (χ1n) is 11.2. The first kappa shape index (κ1) is 22.2. The van der Waals surface area contributed by atoms with E-state index in [0.717, 1.165) is 29.1 Å². The van der Waals surface area contributed by atoms with Crippen LogP contribution >= 0.6 is 0 Å². The van der Waals surface area contributed by atoms with Crippen molar-refractivity contribution < 1.29 is 18.0 Å². The Morgan fingerprint density at radius 3 is 2.62 bits per heavy atom. The zero-order valence-corrected chi connectivity index (χ0v) is 18.7. The summed E-state index contributed by atoms with van der Waals surface area (Å²) in [6, 6.07) is 17.0. The first-order valence-corrected chi connectivity index (χ1v) is 11.2. The molecule has 1 fully saturated rings. The van der Waals surface area contributed by atoms with Crippen LogP contribution in [-0.2, 0) is 4.79 Å². The second kappa shape index (κ2) is 8.30. The van der Waals surface area contributed by atoms with Gasteiger partial charge in [-0.1, -0.05) is 37.3 Å². The van der Waals surface area contributed by atoms with E-state index in [-0.39, 0.29) is 23.7 Å². The number of rotatable bonds is 5. The number of amides is 1. The molecule has 1 amide bonds. The molecule has 2 aromatic carbocycles. The van der Waals surface area contributed by atoms with E-state index in [4.69, 9.17) is 4.98 Å². The molecule has 3 heterocycles. The summed E-state index contributed by atoms with van der Waals surface area (Å²) in [6.07, 6.45) is -2.36. The maximum absolute atomic E-state index is 12.7. The normalized spacial score (nSPS) is 21.8. The molecule has 4 atom stereocenters.